The number of fused-ring (bicyclic) bond motifs is 12. The molecule has 0 aliphatic rings. The lowest BCUT2D eigenvalue weighted by Gasteiger charge is -2.23. The van der Waals surface area contributed by atoms with Gasteiger partial charge in [-0.3, -0.25) is 0 Å². The molecule has 0 aliphatic heterocycles. The molecule has 0 unspecified atom stereocenters. The van der Waals surface area contributed by atoms with Gasteiger partial charge < -0.3 is 18.3 Å². The molecule has 0 saturated heterocycles. The van der Waals surface area contributed by atoms with E-state index in [0.717, 1.165) is 136 Å². The number of benzene rings is 9. The molecule has 0 N–H and O–H groups in total. The van der Waals surface area contributed by atoms with Crippen molar-refractivity contribution in [3.8, 4) is 56.6 Å². The second kappa shape index (κ2) is 15.9. The first-order valence-electron chi connectivity index (χ1n) is 24.6. The zero-order valence-electron chi connectivity index (χ0n) is 39.7. The first-order valence-corrected chi connectivity index (χ1v) is 24.6. The van der Waals surface area contributed by atoms with Crippen LogP contribution in [0.5, 0.6) is 0 Å². The minimum atomic E-state index is 0.535. The minimum Gasteiger partial charge on any atom is -0.341 e. The lowest BCUT2D eigenvalue weighted by atomic mass is 9.77. The van der Waals surface area contributed by atoms with Crippen molar-refractivity contribution in [2.45, 2.75) is 53.9 Å². The summed E-state index contributed by atoms with van der Waals surface area (Å²) in [6.45, 7) is 12.0. The van der Waals surface area contributed by atoms with Crippen LogP contribution in [-0.2, 0) is 26.2 Å². The van der Waals surface area contributed by atoms with Crippen molar-refractivity contribution in [3.05, 3.63) is 181 Å². The SMILES string of the molecule is CCn1c2ccccc2c2cc(-c3c(C#N)c(-c4ccc5c(c4)c4ccccc4n5CC)c(-c4ccc5c(c4)c4ccccc4n5CC)c(C#N)c3-c3ccc4c(c3)c3ccccc3n4CC)ccc21. The van der Waals surface area contributed by atoms with Gasteiger partial charge in [-0.15, -0.1) is 0 Å². The number of nitrogens with zero attached hydrogens (tertiary/aromatic N) is 6. The Morgan fingerprint density at radius 1 is 0.286 bits per heavy atom. The Hall–Kier alpha value is -8.84. The largest absolute Gasteiger partial charge is 0.341 e. The molecule has 0 aliphatic carbocycles. The highest BCUT2D eigenvalue weighted by molar-refractivity contribution is 6.16. The van der Waals surface area contributed by atoms with Crippen LogP contribution in [0.4, 0.5) is 0 Å². The molecule has 6 nitrogen and oxygen atoms in total. The van der Waals surface area contributed by atoms with E-state index >= 15 is 0 Å². The molecule has 13 aromatic rings. The Kier molecular flexibility index (Phi) is 9.38. The number of hydrogen-bond donors (Lipinski definition) is 0. The average Bonchev–Trinajstić information content (AvgIpc) is 4.13. The molecule has 13 rings (SSSR count). The highest BCUT2D eigenvalue weighted by Crippen LogP contribution is 2.51. The highest BCUT2D eigenvalue weighted by Gasteiger charge is 2.30. The summed E-state index contributed by atoms with van der Waals surface area (Å²) in [5, 5.41) is 33.3. The van der Waals surface area contributed by atoms with Crippen molar-refractivity contribution in [1.29, 1.82) is 10.5 Å². The van der Waals surface area contributed by atoms with Crippen molar-refractivity contribution < 1.29 is 0 Å². The standard InChI is InChI=1S/C64H48N6/c1-5-67-53-21-13-9-17-43(53)47-33-39(25-29-57(47)67)61-51(37-65)63(41-27-31-59-49(35-41)45-19-11-15-23-55(45)69(59)7-3)64(42-28-32-60-50(36-42)46-20-12-16-24-56(46)70(60)8-4)52(38-66)62(61)40-26-30-58-48(34-40)44-18-10-14-22-54(44)68(58)6-2/h9-36H,5-8H2,1-4H3. The topological polar surface area (TPSA) is 67.3 Å². The van der Waals surface area contributed by atoms with Crippen molar-refractivity contribution >= 4 is 87.2 Å². The van der Waals surface area contributed by atoms with E-state index in [4.69, 9.17) is 0 Å². The van der Waals surface area contributed by atoms with Crippen LogP contribution in [-0.4, -0.2) is 18.3 Å². The summed E-state index contributed by atoms with van der Waals surface area (Å²) in [7, 11) is 0. The maximum absolute atomic E-state index is 12.1. The fourth-order valence-electron chi connectivity index (χ4n) is 12.3. The summed E-state index contributed by atoms with van der Waals surface area (Å²) in [6, 6.07) is 66.6. The fraction of sp³-hybridized carbons (Fsp3) is 0.125. The monoisotopic (exact) mass is 900 g/mol. The molecule has 0 amide bonds. The number of rotatable bonds is 8. The molecule has 70 heavy (non-hydrogen) atoms. The molecule has 0 saturated carbocycles. The van der Waals surface area contributed by atoms with Crippen molar-refractivity contribution in [1.82, 2.24) is 18.3 Å². The average molecular weight is 901 g/mol. The number of nitriles is 2. The summed E-state index contributed by atoms with van der Waals surface area (Å²) in [6.07, 6.45) is 0. The zero-order valence-corrected chi connectivity index (χ0v) is 39.7. The number of hydrogen-bond acceptors (Lipinski definition) is 2. The molecule has 0 atom stereocenters. The lowest BCUT2D eigenvalue weighted by Crippen LogP contribution is -2.03. The van der Waals surface area contributed by atoms with Crippen molar-refractivity contribution in [2.24, 2.45) is 0 Å². The molecular formula is C64H48N6. The second-order valence-electron chi connectivity index (χ2n) is 18.4. The van der Waals surface area contributed by atoms with Crippen LogP contribution in [0.15, 0.2) is 170 Å². The van der Waals surface area contributed by atoms with Crippen LogP contribution in [0.3, 0.4) is 0 Å². The van der Waals surface area contributed by atoms with Gasteiger partial charge in [-0.25, -0.2) is 0 Å². The maximum Gasteiger partial charge on any atom is 0.100 e. The van der Waals surface area contributed by atoms with Gasteiger partial charge in [0, 0.05) is 136 Å². The van der Waals surface area contributed by atoms with Gasteiger partial charge in [-0.1, -0.05) is 97.1 Å². The summed E-state index contributed by atoms with van der Waals surface area (Å²) in [5.74, 6) is 0. The summed E-state index contributed by atoms with van der Waals surface area (Å²) in [5.41, 5.74) is 16.9. The number of aryl methyl sites for hydroxylation is 4. The molecule has 9 aromatic carbocycles. The van der Waals surface area contributed by atoms with Crippen molar-refractivity contribution in [3.63, 3.8) is 0 Å². The van der Waals surface area contributed by atoms with E-state index in [-0.39, 0.29) is 0 Å². The third-order valence-electron chi connectivity index (χ3n) is 15.2. The molecule has 334 valence electrons. The van der Waals surface area contributed by atoms with Gasteiger partial charge in [0.15, 0.2) is 0 Å². The van der Waals surface area contributed by atoms with Crippen LogP contribution < -0.4 is 0 Å². The Balaban J connectivity index is 1.22. The maximum atomic E-state index is 12.1. The fourth-order valence-corrected chi connectivity index (χ4v) is 12.3. The predicted octanol–water partition coefficient (Wildman–Crippen LogP) is 16.6. The van der Waals surface area contributed by atoms with Crippen LogP contribution in [0, 0.1) is 22.7 Å². The Bertz CT molecular complexity index is 3880. The Morgan fingerprint density at radius 3 is 0.714 bits per heavy atom. The molecule has 4 aromatic heterocycles. The third kappa shape index (κ3) is 5.71. The van der Waals surface area contributed by atoms with Gasteiger partial charge in [0.05, 0.1) is 11.1 Å². The van der Waals surface area contributed by atoms with E-state index in [2.05, 4.69) is 228 Å². The van der Waals surface area contributed by atoms with Gasteiger partial charge in [-0.05, 0) is 123 Å². The van der Waals surface area contributed by atoms with E-state index in [1.165, 1.54) is 22.1 Å². The van der Waals surface area contributed by atoms with Gasteiger partial charge in [-0.2, -0.15) is 10.5 Å². The quantitative estimate of drug-likeness (QED) is 0.152. The molecule has 0 radical (unpaired) electrons. The minimum absolute atomic E-state index is 0.535. The van der Waals surface area contributed by atoms with Crippen LogP contribution in [0.2, 0.25) is 0 Å². The normalized spacial score (nSPS) is 11.9. The molecule has 0 spiro atoms. The second-order valence-corrected chi connectivity index (χ2v) is 18.4. The molecule has 0 bridgehead atoms. The van der Waals surface area contributed by atoms with Gasteiger partial charge in [0.2, 0.25) is 0 Å². The smallest absolute Gasteiger partial charge is 0.100 e. The van der Waals surface area contributed by atoms with Gasteiger partial charge in [0.25, 0.3) is 0 Å². The van der Waals surface area contributed by atoms with E-state index in [9.17, 15) is 10.5 Å². The third-order valence-corrected chi connectivity index (χ3v) is 15.2. The summed E-state index contributed by atoms with van der Waals surface area (Å²) in [4.78, 5) is 0. The lowest BCUT2D eigenvalue weighted by molar-refractivity contribution is 0.827. The van der Waals surface area contributed by atoms with E-state index in [1.54, 1.807) is 0 Å². The molecule has 0 fully saturated rings. The van der Waals surface area contributed by atoms with E-state index < -0.39 is 0 Å². The van der Waals surface area contributed by atoms with Crippen LogP contribution in [0.1, 0.15) is 38.8 Å². The van der Waals surface area contributed by atoms with Crippen molar-refractivity contribution in [2.75, 3.05) is 0 Å². The Labute approximate surface area is 405 Å². The molecule has 4 heterocycles. The van der Waals surface area contributed by atoms with E-state index in [0.29, 0.717) is 11.1 Å². The van der Waals surface area contributed by atoms with Crippen LogP contribution in [0.25, 0.3) is 132 Å². The first-order chi connectivity index (χ1) is 34.5. The predicted molar refractivity (Wildman–Crippen MR) is 292 cm³/mol. The van der Waals surface area contributed by atoms with Gasteiger partial charge >= 0.3 is 0 Å². The Morgan fingerprint density at radius 2 is 0.500 bits per heavy atom. The number of aromatic nitrogens is 4. The summed E-state index contributed by atoms with van der Waals surface area (Å²) < 4.78 is 9.45. The molecule has 6 heteroatoms. The van der Waals surface area contributed by atoms with Crippen LogP contribution >= 0.6 is 0 Å². The van der Waals surface area contributed by atoms with Gasteiger partial charge in [0.1, 0.15) is 12.1 Å². The first kappa shape index (κ1) is 41.4. The highest BCUT2D eigenvalue weighted by atomic mass is 15.0. The number of para-hydroxylation sites is 4. The molecular weight excluding hydrogens is 853 g/mol. The zero-order chi connectivity index (χ0) is 47.4. The van der Waals surface area contributed by atoms with E-state index in [1.807, 2.05) is 0 Å². The summed E-state index contributed by atoms with van der Waals surface area (Å²) >= 11 is 0.